The molecule has 4 N–H and O–H groups in total. The van der Waals surface area contributed by atoms with Gasteiger partial charge in [0.2, 0.25) is 6.41 Å². The predicted octanol–water partition coefficient (Wildman–Crippen LogP) is 2.33. The highest BCUT2D eigenvalue weighted by Crippen LogP contribution is 2.22. The maximum Gasteiger partial charge on any atom is 0.228 e. The van der Waals surface area contributed by atoms with Crippen LogP contribution < -0.4 is 21.5 Å². The Balaban J connectivity index is 2.10. The van der Waals surface area contributed by atoms with Crippen LogP contribution >= 0.6 is 12.2 Å². The number of nitrogens with one attached hydrogen (secondary N) is 2. The molecule has 0 fully saturated rings. The van der Waals surface area contributed by atoms with Crippen molar-refractivity contribution in [3.8, 4) is 0 Å². The number of para-hydroxylation sites is 3. The van der Waals surface area contributed by atoms with Crippen LogP contribution in [0, 0.1) is 0 Å². The summed E-state index contributed by atoms with van der Waals surface area (Å²) in [4.78, 5) is 10.8. The first kappa shape index (κ1) is 14.0. The molecule has 20 heavy (non-hydrogen) atoms. The van der Waals surface area contributed by atoms with Gasteiger partial charge < -0.3 is 10.6 Å². The van der Waals surface area contributed by atoms with Gasteiger partial charge in [-0.15, -0.1) is 0 Å². The molecule has 0 bridgehead atoms. The lowest BCUT2D eigenvalue weighted by atomic mass is 10.2. The number of hydrazine groups is 1. The van der Waals surface area contributed by atoms with Gasteiger partial charge in [-0.25, -0.2) is 10.9 Å². The Morgan fingerprint density at radius 2 is 1.70 bits per heavy atom. The number of benzene rings is 2. The molecule has 0 aliphatic carbocycles. The maximum atomic E-state index is 10.8. The van der Waals surface area contributed by atoms with E-state index in [0.717, 1.165) is 10.7 Å². The van der Waals surface area contributed by atoms with E-state index in [9.17, 15) is 4.79 Å². The van der Waals surface area contributed by atoms with E-state index in [1.165, 1.54) is 0 Å². The molecule has 0 saturated carbocycles. The van der Waals surface area contributed by atoms with Crippen LogP contribution in [0.5, 0.6) is 0 Å². The van der Waals surface area contributed by atoms with Crippen molar-refractivity contribution in [3.05, 3.63) is 54.6 Å². The smallest absolute Gasteiger partial charge is 0.228 e. The monoisotopic (exact) mass is 286 g/mol. The first-order valence-corrected chi connectivity index (χ1v) is 6.33. The lowest BCUT2D eigenvalue weighted by Gasteiger charge is -2.17. The van der Waals surface area contributed by atoms with Crippen molar-refractivity contribution in [1.29, 1.82) is 0 Å². The number of carbonyl (C=O) groups is 1. The number of amides is 1. The Morgan fingerprint density at radius 3 is 2.40 bits per heavy atom. The highest BCUT2D eigenvalue weighted by molar-refractivity contribution is 7.80. The number of anilines is 3. The Bertz CT molecular complexity index is 603. The van der Waals surface area contributed by atoms with E-state index in [0.29, 0.717) is 22.9 Å². The van der Waals surface area contributed by atoms with Gasteiger partial charge in [0.1, 0.15) is 0 Å². The minimum absolute atomic E-state index is 0.419. The summed E-state index contributed by atoms with van der Waals surface area (Å²) in [6.07, 6.45) is 0.536. The van der Waals surface area contributed by atoms with Crippen LogP contribution in [0.15, 0.2) is 54.6 Å². The highest BCUT2D eigenvalue weighted by Gasteiger charge is 2.07. The second kappa shape index (κ2) is 6.65. The van der Waals surface area contributed by atoms with Crippen LogP contribution in [0.2, 0.25) is 0 Å². The number of rotatable bonds is 4. The van der Waals surface area contributed by atoms with Crippen molar-refractivity contribution in [1.82, 2.24) is 0 Å². The summed E-state index contributed by atoms with van der Waals surface area (Å²) < 4.78 is 0. The van der Waals surface area contributed by atoms with Gasteiger partial charge in [-0.1, -0.05) is 30.3 Å². The Hall–Kier alpha value is -2.44. The predicted molar refractivity (Wildman–Crippen MR) is 85.5 cm³/mol. The second-order valence-corrected chi connectivity index (χ2v) is 4.38. The van der Waals surface area contributed by atoms with Crippen molar-refractivity contribution in [2.75, 3.05) is 15.6 Å². The molecule has 0 spiro atoms. The van der Waals surface area contributed by atoms with Gasteiger partial charge in [-0.2, -0.15) is 0 Å². The zero-order valence-corrected chi connectivity index (χ0v) is 11.4. The SMILES string of the molecule is NN(C=O)c1ccccc1NC(=S)Nc1ccccc1. The standard InChI is InChI=1S/C14H14N4OS/c15-18(10-19)13-9-5-4-8-12(13)17-14(20)16-11-6-2-1-3-7-11/h1-10H,15H2,(H2,16,17,20). The van der Waals surface area contributed by atoms with Gasteiger partial charge in [-0.3, -0.25) is 4.79 Å². The zero-order chi connectivity index (χ0) is 14.4. The number of hydrogen-bond acceptors (Lipinski definition) is 3. The van der Waals surface area contributed by atoms with Gasteiger partial charge in [0.05, 0.1) is 11.4 Å². The van der Waals surface area contributed by atoms with Gasteiger partial charge >= 0.3 is 0 Å². The third kappa shape index (κ3) is 3.53. The van der Waals surface area contributed by atoms with Crippen LogP contribution in [0.25, 0.3) is 0 Å². The molecule has 0 aromatic heterocycles. The number of carbonyl (C=O) groups excluding carboxylic acids is 1. The van der Waals surface area contributed by atoms with Crippen LogP contribution in [-0.4, -0.2) is 11.5 Å². The topological polar surface area (TPSA) is 70.4 Å². The maximum absolute atomic E-state index is 10.8. The van der Waals surface area contributed by atoms with Crippen LogP contribution in [-0.2, 0) is 4.79 Å². The summed E-state index contributed by atoms with van der Waals surface area (Å²) in [5.41, 5.74) is 2.07. The van der Waals surface area contributed by atoms with Crippen LogP contribution in [0.3, 0.4) is 0 Å². The zero-order valence-electron chi connectivity index (χ0n) is 10.6. The van der Waals surface area contributed by atoms with Crippen molar-refractivity contribution in [2.45, 2.75) is 0 Å². The molecular formula is C14H14N4OS. The van der Waals surface area contributed by atoms with E-state index in [-0.39, 0.29) is 0 Å². The van der Waals surface area contributed by atoms with Crippen molar-refractivity contribution < 1.29 is 4.79 Å². The van der Waals surface area contributed by atoms with E-state index in [1.54, 1.807) is 18.2 Å². The fourth-order valence-electron chi connectivity index (χ4n) is 1.67. The first-order valence-electron chi connectivity index (χ1n) is 5.92. The van der Waals surface area contributed by atoms with Gasteiger partial charge in [0.15, 0.2) is 5.11 Å². The first-order chi connectivity index (χ1) is 9.70. The number of hydrogen-bond donors (Lipinski definition) is 3. The summed E-state index contributed by atoms with van der Waals surface area (Å²) in [7, 11) is 0. The Labute approximate surface area is 122 Å². The lowest BCUT2D eigenvalue weighted by molar-refractivity contribution is -0.107. The van der Waals surface area contributed by atoms with Crippen molar-refractivity contribution >= 4 is 40.8 Å². The minimum atomic E-state index is 0.419. The average Bonchev–Trinajstić information content (AvgIpc) is 2.48. The molecule has 0 unspecified atom stereocenters. The van der Waals surface area contributed by atoms with E-state index >= 15 is 0 Å². The number of thiocarbonyl (C=S) groups is 1. The van der Waals surface area contributed by atoms with E-state index < -0.39 is 0 Å². The quantitative estimate of drug-likeness (QED) is 0.264. The molecule has 0 atom stereocenters. The molecule has 2 aromatic rings. The minimum Gasteiger partial charge on any atom is -0.332 e. The second-order valence-electron chi connectivity index (χ2n) is 3.97. The molecule has 5 nitrogen and oxygen atoms in total. The molecule has 102 valence electrons. The Morgan fingerprint density at radius 1 is 1.05 bits per heavy atom. The fourth-order valence-corrected chi connectivity index (χ4v) is 1.90. The molecule has 0 radical (unpaired) electrons. The van der Waals surface area contributed by atoms with E-state index in [4.69, 9.17) is 18.1 Å². The largest absolute Gasteiger partial charge is 0.332 e. The van der Waals surface area contributed by atoms with Gasteiger partial charge in [0.25, 0.3) is 0 Å². The fraction of sp³-hybridized carbons (Fsp3) is 0. The average molecular weight is 286 g/mol. The summed E-state index contributed by atoms with van der Waals surface area (Å²) in [5.74, 6) is 5.58. The normalized spacial score (nSPS) is 9.65. The summed E-state index contributed by atoms with van der Waals surface area (Å²) in [5, 5.41) is 7.47. The van der Waals surface area contributed by atoms with E-state index in [1.807, 2.05) is 36.4 Å². The third-order valence-corrected chi connectivity index (χ3v) is 2.78. The summed E-state index contributed by atoms with van der Waals surface area (Å²) in [6, 6.07) is 16.7. The van der Waals surface area contributed by atoms with E-state index in [2.05, 4.69) is 10.6 Å². The molecule has 0 aliphatic heterocycles. The molecule has 2 rings (SSSR count). The number of nitrogens with two attached hydrogens (primary N) is 1. The summed E-state index contributed by atoms with van der Waals surface area (Å²) in [6.45, 7) is 0. The summed E-state index contributed by atoms with van der Waals surface area (Å²) >= 11 is 5.23. The van der Waals surface area contributed by atoms with Gasteiger partial charge in [0, 0.05) is 5.69 Å². The lowest BCUT2D eigenvalue weighted by Crippen LogP contribution is -2.30. The van der Waals surface area contributed by atoms with Gasteiger partial charge in [-0.05, 0) is 36.5 Å². The van der Waals surface area contributed by atoms with Crippen LogP contribution in [0.1, 0.15) is 0 Å². The number of nitrogens with zero attached hydrogens (tertiary/aromatic N) is 1. The molecule has 6 heteroatoms. The van der Waals surface area contributed by atoms with Crippen LogP contribution in [0.4, 0.5) is 17.1 Å². The van der Waals surface area contributed by atoms with Crippen molar-refractivity contribution in [2.24, 2.45) is 5.84 Å². The molecule has 2 aromatic carbocycles. The molecule has 0 heterocycles. The molecule has 1 amide bonds. The third-order valence-electron chi connectivity index (χ3n) is 2.58. The Kier molecular flexibility index (Phi) is 4.65. The molecule has 0 saturated heterocycles. The highest BCUT2D eigenvalue weighted by atomic mass is 32.1. The van der Waals surface area contributed by atoms with Crippen molar-refractivity contribution in [3.63, 3.8) is 0 Å². The molecular weight excluding hydrogens is 272 g/mol. The molecule has 0 aliphatic rings.